The minimum atomic E-state index is -3.80. The third-order valence-corrected chi connectivity index (χ3v) is 5.77. The lowest BCUT2D eigenvalue weighted by atomic mass is 10.2. The zero-order valence-electron chi connectivity index (χ0n) is 16.5. The van der Waals surface area contributed by atoms with Gasteiger partial charge in [0.15, 0.2) is 5.82 Å². The number of pyridine rings is 1. The number of hydrogen-bond acceptors (Lipinski definition) is 7. The number of carbonyl (C=O) groups excluding carboxylic acids is 1. The summed E-state index contributed by atoms with van der Waals surface area (Å²) in [6, 6.07) is 15.1. The summed E-state index contributed by atoms with van der Waals surface area (Å²) in [5, 5.41) is 12.2. The lowest BCUT2D eigenvalue weighted by molar-refractivity contribution is 0.102. The van der Waals surface area contributed by atoms with Crippen LogP contribution in [0.25, 0.3) is 11.4 Å². The molecule has 0 saturated heterocycles. The molecule has 0 unspecified atom stereocenters. The van der Waals surface area contributed by atoms with Crippen molar-refractivity contribution in [1.29, 1.82) is 0 Å². The van der Waals surface area contributed by atoms with Crippen LogP contribution >= 0.6 is 0 Å². The van der Waals surface area contributed by atoms with Gasteiger partial charge in [-0.25, -0.2) is 18.4 Å². The van der Waals surface area contributed by atoms with Crippen LogP contribution in [-0.2, 0) is 10.0 Å². The van der Waals surface area contributed by atoms with Crippen LogP contribution in [0.3, 0.4) is 0 Å². The van der Waals surface area contributed by atoms with Crippen LogP contribution < -0.4 is 10.0 Å². The highest BCUT2D eigenvalue weighted by Gasteiger charge is 2.15. The van der Waals surface area contributed by atoms with Crippen molar-refractivity contribution in [3.05, 3.63) is 91.0 Å². The molecule has 0 fully saturated rings. The van der Waals surface area contributed by atoms with Crippen molar-refractivity contribution in [3.63, 3.8) is 0 Å². The lowest BCUT2D eigenvalue weighted by Gasteiger charge is -2.09. The molecule has 2 aromatic heterocycles. The maximum atomic E-state index is 12.5. The van der Waals surface area contributed by atoms with Gasteiger partial charge < -0.3 is 10.4 Å². The standard InChI is InChI=1S/C22H17N5O4S/c28-19-3-1-2-16(12-19)21-24-13-18(14-25-21)26-22(29)15-4-6-20(7-5-15)32(30,31)27-17-8-10-23-11-9-17/h1-14,28H,(H,23,27)(H,26,29). The number of phenols is 1. The fourth-order valence-electron chi connectivity index (χ4n) is 2.81. The predicted octanol–water partition coefficient (Wildman–Crippen LogP) is 3.30. The summed E-state index contributed by atoms with van der Waals surface area (Å²) < 4.78 is 27.4. The number of nitrogens with zero attached hydrogens (tertiary/aromatic N) is 3. The minimum absolute atomic E-state index is 0.0182. The highest BCUT2D eigenvalue weighted by Crippen LogP contribution is 2.21. The van der Waals surface area contributed by atoms with E-state index in [1.807, 2.05) is 0 Å². The van der Waals surface area contributed by atoms with E-state index in [2.05, 4.69) is 25.0 Å². The molecule has 2 heterocycles. The normalized spacial score (nSPS) is 11.0. The topological polar surface area (TPSA) is 134 Å². The Bertz CT molecular complexity index is 1340. The Hall–Kier alpha value is -4.31. The first kappa shape index (κ1) is 20.9. The predicted molar refractivity (Wildman–Crippen MR) is 119 cm³/mol. The SMILES string of the molecule is O=C(Nc1cnc(-c2cccc(O)c2)nc1)c1ccc(S(=O)(=O)Nc2ccncc2)cc1. The second kappa shape index (κ2) is 8.82. The van der Waals surface area contributed by atoms with Crippen molar-refractivity contribution >= 4 is 27.3 Å². The van der Waals surface area contributed by atoms with E-state index in [-0.39, 0.29) is 16.2 Å². The summed E-state index contributed by atoms with van der Waals surface area (Å²) in [6.07, 6.45) is 5.85. The van der Waals surface area contributed by atoms with E-state index in [0.717, 1.165) is 0 Å². The molecule has 0 saturated carbocycles. The molecule has 0 atom stereocenters. The average Bonchev–Trinajstić information content (AvgIpc) is 2.80. The van der Waals surface area contributed by atoms with Gasteiger partial charge in [0, 0.05) is 23.5 Å². The largest absolute Gasteiger partial charge is 0.508 e. The number of benzene rings is 2. The van der Waals surface area contributed by atoms with Gasteiger partial charge in [-0.2, -0.15) is 0 Å². The van der Waals surface area contributed by atoms with Crippen molar-refractivity contribution < 1.29 is 18.3 Å². The van der Waals surface area contributed by atoms with Gasteiger partial charge >= 0.3 is 0 Å². The first-order chi connectivity index (χ1) is 15.4. The highest BCUT2D eigenvalue weighted by molar-refractivity contribution is 7.92. The summed E-state index contributed by atoms with van der Waals surface area (Å²) >= 11 is 0. The number of amides is 1. The number of anilines is 2. The molecule has 9 nitrogen and oxygen atoms in total. The monoisotopic (exact) mass is 447 g/mol. The van der Waals surface area contributed by atoms with E-state index in [4.69, 9.17) is 0 Å². The van der Waals surface area contributed by atoms with Crippen LogP contribution in [0.5, 0.6) is 5.75 Å². The Morgan fingerprint density at radius 3 is 2.22 bits per heavy atom. The van der Waals surface area contributed by atoms with Gasteiger partial charge in [0.1, 0.15) is 5.75 Å². The first-order valence-corrected chi connectivity index (χ1v) is 10.8. The number of aromatic nitrogens is 3. The molecule has 0 bridgehead atoms. The molecule has 0 radical (unpaired) electrons. The zero-order chi connectivity index (χ0) is 22.6. The molecular formula is C22H17N5O4S. The lowest BCUT2D eigenvalue weighted by Crippen LogP contribution is -2.15. The van der Waals surface area contributed by atoms with Crippen molar-refractivity contribution in [1.82, 2.24) is 15.0 Å². The highest BCUT2D eigenvalue weighted by atomic mass is 32.2. The maximum Gasteiger partial charge on any atom is 0.261 e. The molecule has 2 aromatic carbocycles. The molecular weight excluding hydrogens is 430 g/mol. The molecule has 0 aliphatic heterocycles. The summed E-state index contributed by atoms with van der Waals surface area (Å²) in [6.45, 7) is 0. The van der Waals surface area contributed by atoms with Gasteiger partial charge in [0.25, 0.3) is 15.9 Å². The number of sulfonamides is 1. The molecule has 3 N–H and O–H groups in total. The van der Waals surface area contributed by atoms with E-state index in [1.54, 1.807) is 18.2 Å². The third kappa shape index (κ3) is 4.87. The van der Waals surface area contributed by atoms with E-state index >= 15 is 0 Å². The molecule has 4 rings (SSSR count). The third-order valence-electron chi connectivity index (χ3n) is 4.37. The number of nitrogens with one attached hydrogen (secondary N) is 2. The van der Waals surface area contributed by atoms with Gasteiger partial charge in [-0.05, 0) is 48.5 Å². The van der Waals surface area contributed by atoms with E-state index in [0.29, 0.717) is 22.8 Å². The molecule has 160 valence electrons. The van der Waals surface area contributed by atoms with Crippen molar-refractivity contribution in [2.24, 2.45) is 0 Å². The Morgan fingerprint density at radius 2 is 1.56 bits per heavy atom. The number of carbonyl (C=O) groups is 1. The van der Waals surface area contributed by atoms with Gasteiger partial charge in [-0.1, -0.05) is 12.1 Å². The Morgan fingerprint density at radius 1 is 0.875 bits per heavy atom. The average molecular weight is 447 g/mol. The van der Waals surface area contributed by atoms with Crippen LogP contribution in [0.2, 0.25) is 0 Å². The number of rotatable bonds is 6. The summed E-state index contributed by atoms with van der Waals surface area (Å²) in [5.74, 6) is 0.0600. The van der Waals surface area contributed by atoms with Crippen molar-refractivity contribution in [3.8, 4) is 17.1 Å². The smallest absolute Gasteiger partial charge is 0.261 e. The molecule has 0 spiro atoms. The fraction of sp³-hybridized carbons (Fsp3) is 0. The van der Waals surface area contributed by atoms with Crippen LogP contribution in [0.15, 0.2) is 90.3 Å². The second-order valence-electron chi connectivity index (χ2n) is 6.67. The fourth-order valence-corrected chi connectivity index (χ4v) is 3.87. The van der Waals surface area contributed by atoms with Crippen molar-refractivity contribution in [2.75, 3.05) is 10.0 Å². The second-order valence-corrected chi connectivity index (χ2v) is 8.35. The number of phenolic OH excluding ortho intramolecular Hbond substituents is 1. The van der Waals surface area contributed by atoms with Crippen LogP contribution in [0.4, 0.5) is 11.4 Å². The molecule has 0 aliphatic rings. The van der Waals surface area contributed by atoms with Gasteiger partial charge in [0.2, 0.25) is 0 Å². The van der Waals surface area contributed by atoms with Gasteiger partial charge in [-0.3, -0.25) is 14.5 Å². The molecule has 32 heavy (non-hydrogen) atoms. The molecule has 1 amide bonds. The van der Waals surface area contributed by atoms with Crippen LogP contribution in [-0.4, -0.2) is 34.4 Å². The van der Waals surface area contributed by atoms with E-state index < -0.39 is 15.9 Å². The zero-order valence-corrected chi connectivity index (χ0v) is 17.3. The number of hydrogen-bond donors (Lipinski definition) is 3. The molecule has 0 aliphatic carbocycles. The maximum absolute atomic E-state index is 12.5. The summed E-state index contributed by atoms with van der Waals surface area (Å²) in [4.78, 5) is 24.7. The Kier molecular flexibility index (Phi) is 5.77. The summed E-state index contributed by atoms with van der Waals surface area (Å²) in [5.41, 5.74) is 1.66. The first-order valence-electron chi connectivity index (χ1n) is 9.36. The van der Waals surface area contributed by atoms with E-state index in [1.165, 1.54) is 67.3 Å². The van der Waals surface area contributed by atoms with Gasteiger partial charge in [0.05, 0.1) is 28.7 Å². The molecule has 4 aromatic rings. The Labute approximate surface area is 183 Å². The van der Waals surface area contributed by atoms with Crippen LogP contribution in [0.1, 0.15) is 10.4 Å². The van der Waals surface area contributed by atoms with E-state index in [9.17, 15) is 18.3 Å². The quantitative estimate of drug-likeness (QED) is 0.413. The van der Waals surface area contributed by atoms with Crippen LogP contribution in [0, 0.1) is 0 Å². The minimum Gasteiger partial charge on any atom is -0.508 e. The number of aromatic hydroxyl groups is 1. The summed E-state index contributed by atoms with van der Waals surface area (Å²) in [7, 11) is -3.80. The Balaban J connectivity index is 1.44. The van der Waals surface area contributed by atoms with Gasteiger partial charge in [-0.15, -0.1) is 0 Å². The molecule has 10 heteroatoms. The van der Waals surface area contributed by atoms with Crippen molar-refractivity contribution in [2.45, 2.75) is 4.90 Å².